The molecule has 2 aromatic carbocycles. The molecule has 1 aliphatic heterocycles. The molecule has 0 saturated heterocycles. The molecule has 2 amide bonds. The molecule has 0 aliphatic carbocycles. The summed E-state index contributed by atoms with van der Waals surface area (Å²) in [7, 11) is 1.74. The van der Waals surface area contributed by atoms with Gasteiger partial charge in [-0.25, -0.2) is 9.97 Å². The highest BCUT2D eigenvalue weighted by Gasteiger charge is 2.30. The molecule has 0 spiro atoms. The van der Waals surface area contributed by atoms with Crippen LogP contribution in [-0.2, 0) is 16.0 Å². The predicted octanol–water partition coefficient (Wildman–Crippen LogP) is 4.80. The Labute approximate surface area is 231 Å². The van der Waals surface area contributed by atoms with Gasteiger partial charge in [-0.1, -0.05) is 24.3 Å². The zero-order chi connectivity index (χ0) is 28.2. The van der Waals surface area contributed by atoms with Crippen molar-refractivity contribution in [2.24, 2.45) is 0 Å². The number of ether oxygens (including phenoxy) is 1. The Balaban J connectivity index is 1.33. The molecule has 10 heteroatoms. The number of pyridine rings is 2. The highest BCUT2D eigenvalue weighted by Crippen LogP contribution is 2.37. The molecule has 2 N–H and O–H groups in total. The fraction of sp³-hybridized carbons (Fsp3) is 0.233. The molecule has 204 valence electrons. The molecule has 2 aromatic heterocycles. The largest absolute Gasteiger partial charge is 0.493 e. The first-order chi connectivity index (χ1) is 19.4. The van der Waals surface area contributed by atoms with Gasteiger partial charge < -0.3 is 25.0 Å². The van der Waals surface area contributed by atoms with Gasteiger partial charge in [0.25, 0.3) is 5.91 Å². The summed E-state index contributed by atoms with van der Waals surface area (Å²) in [6, 6.07) is 16.6. The Morgan fingerprint density at radius 2 is 1.80 bits per heavy atom. The van der Waals surface area contributed by atoms with Gasteiger partial charge in [0, 0.05) is 55.3 Å². The maximum atomic E-state index is 13.4. The van der Waals surface area contributed by atoms with Crippen LogP contribution in [-0.4, -0.2) is 53.1 Å². The van der Waals surface area contributed by atoms with Crippen molar-refractivity contribution in [2.75, 3.05) is 35.3 Å². The molecule has 0 bridgehead atoms. The van der Waals surface area contributed by atoms with Crippen LogP contribution in [0, 0.1) is 0 Å². The van der Waals surface area contributed by atoms with Crippen LogP contribution >= 0.6 is 0 Å². The van der Waals surface area contributed by atoms with Gasteiger partial charge in [0.15, 0.2) is 5.82 Å². The number of carbonyl (C=O) groups is 3. The number of amides is 2. The first-order valence-electron chi connectivity index (χ1n) is 13.0. The van der Waals surface area contributed by atoms with Crippen molar-refractivity contribution in [3.05, 3.63) is 78.1 Å². The Kier molecular flexibility index (Phi) is 7.59. The van der Waals surface area contributed by atoms with E-state index in [1.165, 1.54) is 0 Å². The fourth-order valence-electron chi connectivity index (χ4n) is 4.78. The van der Waals surface area contributed by atoms with Crippen molar-refractivity contribution in [3.63, 3.8) is 0 Å². The number of nitrogens with one attached hydrogen (secondary N) is 1. The van der Waals surface area contributed by atoms with E-state index < -0.39 is 5.97 Å². The van der Waals surface area contributed by atoms with Crippen LogP contribution in [0.25, 0.3) is 10.8 Å². The predicted molar refractivity (Wildman–Crippen MR) is 153 cm³/mol. The van der Waals surface area contributed by atoms with Gasteiger partial charge in [-0.2, -0.15) is 0 Å². The molecule has 40 heavy (non-hydrogen) atoms. The third-order valence-corrected chi connectivity index (χ3v) is 6.79. The lowest BCUT2D eigenvalue weighted by molar-refractivity contribution is -0.138. The summed E-state index contributed by atoms with van der Waals surface area (Å²) in [5.41, 5.74) is 2.69. The number of aromatic nitrogens is 2. The summed E-state index contributed by atoms with van der Waals surface area (Å²) in [5, 5.41) is 13.2. The van der Waals surface area contributed by atoms with Crippen LogP contribution in [0.4, 0.5) is 23.0 Å². The van der Waals surface area contributed by atoms with Crippen molar-refractivity contribution >= 4 is 51.6 Å². The number of carbonyl (C=O) groups excluding carboxylic acids is 2. The normalized spacial score (nSPS) is 12.5. The molecule has 4 aromatic rings. The number of hydrogen-bond acceptors (Lipinski definition) is 7. The molecule has 1 aliphatic rings. The molecule has 0 atom stereocenters. The number of nitrogens with zero attached hydrogens (tertiary/aromatic N) is 4. The summed E-state index contributed by atoms with van der Waals surface area (Å²) in [6.45, 7) is 2.95. The lowest BCUT2D eigenvalue weighted by atomic mass is 10.1. The third-order valence-electron chi connectivity index (χ3n) is 6.79. The van der Waals surface area contributed by atoms with Gasteiger partial charge in [-0.05, 0) is 42.8 Å². The lowest BCUT2D eigenvalue weighted by Crippen LogP contribution is -2.25. The number of rotatable bonds is 9. The molecule has 5 rings (SSSR count). The van der Waals surface area contributed by atoms with E-state index in [2.05, 4.69) is 15.3 Å². The number of hydrogen-bond donors (Lipinski definition) is 2. The van der Waals surface area contributed by atoms with Gasteiger partial charge in [0.05, 0.1) is 24.3 Å². The van der Waals surface area contributed by atoms with Gasteiger partial charge in [-0.15, -0.1) is 0 Å². The van der Waals surface area contributed by atoms with E-state index in [9.17, 15) is 14.4 Å². The van der Waals surface area contributed by atoms with Gasteiger partial charge in [0.1, 0.15) is 11.6 Å². The highest BCUT2D eigenvalue weighted by atomic mass is 16.5. The Morgan fingerprint density at radius 3 is 2.58 bits per heavy atom. The summed E-state index contributed by atoms with van der Waals surface area (Å²) < 4.78 is 6.14. The van der Waals surface area contributed by atoms with E-state index in [4.69, 9.17) is 9.84 Å². The van der Waals surface area contributed by atoms with Gasteiger partial charge >= 0.3 is 5.97 Å². The molecule has 0 fully saturated rings. The van der Waals surface area contributed by atoms with Gasteiger partial charge in [0.2, 0.25) is 5.91 Å². The first-order valence-corrected chi connectivity index (χ1v) is 13.0. The number of benzene rings is 2. The minimum absolute atomic E-state index is 0.104. The molecule has 0 unspecified atom stereocenters. The topological polar surface area (TPSA) is 125 Å². The Morgan fingerprint density at radius 1 is 1.00 bits per heavy atom. The number of fused-ring (bicyclic) bond motifs is 3. The maximum absolute atomic E-state index is 13.4. The van der Waals surface area contributed by atoms with E-state index >= 15 is 0 Å². The number of aliphatic carboxylic acids is 1. The van der Waals surface area contributed by atoms with Crippen LogP contribution in [0.2, 0.25) is 0 Å². The average molecular weight is 540 g/mol. The van der Waals surface area contributed by atoms with Crippen LogP contribution in [0.15, 0.2) is 67.0 Å². The van der Waals surface area contributed by atoms with Crippen molar-refractivity contribution < 1.29 is 24.2 Å². The second kappa shape index (κ2) is 11.4. The Hall–Kier alpha value is -4.99. The zero-order valence-electron chi connectivity index (χ0n) is 22.3. The highest BCUT2D eigenvalue weighted by molar-refractivity contribution is 6.12. The number of anilines is 4. The second-order valence-electron chi connectivity index (χ2n) is 9.37. The fourth-order valence-corrected chi connectivity index (χ4v) is 4.78. The summed E-state index contributed by atoms with van der Waals surface area (Å²) in [6.07, 6.45) is 3.66. The quantitative estimate of drug-likeness (QED) is 0.311. The van der Waals surface area contributed by atoms with Crippen molar-refractivity contribution in [1.82, 2.24) is 9.97 Å². The van der Waals surface area contributed by atoms with Crippen LogP contribution in [0.3, 0.4) is 0 Å². The van der Waals surface area contributed by atoms with Crippen LogP contribution < -0.4 is 19.9 Å². The van der Waals surface area contributed by atoms with Crippen molar-refractivity contribution in [3.8, 4) is 5.75 Å². The zero-order valence-corrected chi connectivity index (χ0v) is 22.3. The number of carboxylic acids is 1. The summed E-state index contributed by atoms with van der Waals surface area (Å²) in [4.78, 5) is 49.1. The monoisotopic (exact) mass is 539 g/mol. The maximum Gasteiger partial charge on any atom is 0.303 e. The summed E-state index contributed by atoms with van der Waals surface area (Å²) in [5.74, 6) is 0.385. The van der Waals surface area contributed by atoms with E-state index in [1.807, 2.05) is 54.3 Å². The molecular formula is C30H29N5O5. The first kappa shape index (κ1) is 26.6. The number of carboxylic acid groups (broad SMARTS) is 1. The van der Waals surface area contributed by atoms with Crippen molar-refractivity contribution in [2.45, 2.75) is 26.2 Å². The van der Waals surface area contributed by atoms with Crippen LogP contribution in [0.1, 0.15) is 35.7 Å². The molecule has 0 saturated carbocycles. The SMILES string of the molecule is CCN1c2ncc(CCOc3ccc(NC(=O)CCC(=O)O)c4ccccc34)cc2C(=O)N(C)c2cccnc21. The summed E-state index contributed by atoms with van der Waals surface area (Å²) >= 11 is 0. The van der Waals surface area contributed by atoms with Gasteiger partial charge in [-0.3, -0.25) is 14.4 Å². The average Bonchev–Trinajstić information content (AvgIpc) is 3.05. The van der Waals surface area contributed by atoms with E-state index in [0.29, 0.717) is 48.2 Å². The minimum atomic E-state index is -1.02. The van der Waals surface area contributed by atoms with E-state index in [1.54, 1.807) is 36.5 Å². The van der Waals surface area contributed by atoms with Crippen molar-refractivity contribution in [1.29, 1.82) is 0 Å². The third kappa shape index (κ3) is 5.28. The standard InChI is InChI=1S/C30H29N5O5/c1-3-35-28-22(30(39)34(2)24-9-6-15-31-29(24)35)17-19(18-32-28)14-16-40-25-11-10-23(20-7-4-5-8-21(20)25)33-26(36)12-13-27(37)38/h4-11,15,17-18H,3,12-14,16H2,1-2H3,(H,33,36)(H,37,38). The molecule has 3 heterocycles. The Bertz CT molecular complexity index is 1600. The second-order valence-corrected chi connectivity index (χ2v) is 9.37. The lowest BCUT2D eigenvalue weighted by Gasteiger charge is -2.22. The van der Waals surface area contributed by atoms with Crippen LogP contribution in [0.5, 0.6) is 5.75 Å². The molecular weight excluding hydrogens is 510 g/mol. The smallest absolute Gasteiger partial charge is 0.303 e. The minimum Gasteiger partial charge on any atom is -0.493 e. The van der Waals surface area contributed by atoms with E-state index in [0.717, 1.165) is 22.0 Å². The van der Waals surface area contributed by atoms with E-state index in [-0.39, 0.29) is 24.7 Å². The molecule has 10 nitrogen and oxygen atoms in total. The molecule has 0 radical (unpaired) electrons.